The highest BCUT2D eigenvalue weighted by molar-refractivity contribution is 5.92. The van der Waals surface area contributed by atoms with Crippen molar-refractivity contribution in [1.82, 2.24) is 19.9 Å². The van der Waals surface area contributed by atoms with Crippen LogP contribution in [-0.2, 0) is 0 Å². The van der Waals surface area contributed by atoms with Gasteiger partial charge in [0.15, 0.2) is 17.5 Å². The molecule has 4 heteroatoms. The summed E-state index contributed by atoms with van der Waals surface area (Å²) in [6.07, 6.45) is 1.94. The zero-order chi connectivity index (χ0) is 29.3. The Hall–Kier alpha value is -6.00. The summed E-state index contributed by atoms with van der Waals surface area (Å²) in [5.74, 6) is 1.91. The van der Waals surface area contributed by atoms with Gasteiger partial charge in [0.1, 0.15) is 0 Å². The summed E-state index contributed by atoms with van der Waals surface area (Å²) in [5, 5.41) is 4.55. The lowest BCUT2D eigenvalue weighted by Gasteiger charge is -2.12. The highest BCUT2D eigenvalue weighted by atomic mass is 15.0. The summed E-state index contributed by atoms with van der Waals surface area (Å²) in [5.41, 5.74) is 7.05. The molecule has 0 saturated heterocycles. The summed E-state index contributed by atoms with van der Waals surface area (Å²) in [7, 11) is 0. The third kappa shape index (κ3) is 4.89. The van der Waals surface area contributed by atoms with Crippen molar-refractivity contribution >= 4 is 21.5 Å². The number of nitrogens with zero attached hydrogens (tertiary/aromatic N) is 4. The van der Waals surface area contributed by atoms with E-state index < -0.39 is 0 Å². The van der Waals surface area contributed by atoms with Crippen molar-refractivity contribution in [2.24, 2.45) is 0 Å². The maximum absolute atomic E-state index is 5.07. The van der Waals surface area contributed by atoms with Gasteiger partial charge in [-0.25, -0.2) is 15.0 Å². The summed E-state index contributed by atoms with van der Waals surface area (Å²) < 4.78 is 0. The van der Waals surface area contributed by atoms with Crippen molar-refractivity contribution in [3.8, 4) is 56.5 Å². The molecule has 8 rings (SSSR count). The van der Waals surface area contributed by atoms with Crippen LogP contribution < -0.4 is 0 Å². The molecule has 0 aliphatic carbocycles. The minimum absolute atomic E-state index is 0.632. The second-order valence-corrected chi connectivity index (χ2v) is 10.8. The third-order valence-corrected chi connectivity index (χ3v) is 7.95. The molecule has 4 nitrogen and oxygen atoms in total. The van der Waals surface area contributed by atoms with Gasteiger partial charge >= 0.3 is 0 Å². The fourth-order valence-corrected chi connectivity index (χ4v) is 5.68. The average molecular weight is 563 g/mol. The fraction of sp³-hybridized carbons (Fsp3) is 0. The number of benzene rings is 6. The van der Waals surface area contributed by atoms with E-state index in [1.165, 1.54) is 5.39 Å². The van der Waals surface area contributed by atoms with E-state index in [9.17, 15) is 0 Å². The normalized spacial score (nSPS) is 11.2. The molecule has 44 heavy (non-hydrogen) atoms. The molecular weight excluding hydrogens is 536 g/mol. The van der Waals surface area contributed by atoms with Gasteiger partial charge in [-0.15, -0.1) is 0 Å². The van der Waals surface area contributed by atoms with E-state index in [1.807, 2.05) is 54.7 Å². The van der Waals surface area contributed by atoms with Crippen molar-refractivity contribution in [3.63, 3.8) is 0 Å². The number of hydrogen-bond donors (Lipinski definition) is 0. The van der Waals surface area contributed by atoms with E-state index in [0.29, 0.717) is 17.5 Å². The minimum atomic E-state index is 0.632. The van der Waals surface area contributed by atoms with E-state index in [0.717, 1.165) is 55.2 Å². The van der Waals surface area contributed by atoms with Gasteiger partial charge in [0.05, 0.1) is 5.69 Å². The van der Waals surface area contributed by atoms with Gasteiger partial charge in [0.2, 0.25) is 0 Å². The van der Waals surface area contributed by atoms with Gasteiger partial charge in [-0.3, -0.25) is 4.98 Å². The van der Waals surface area contributed by atoms with E-state index in [1.54, 1.807) is 0 Å². The van der Waals surface area contributed by atoms with Crippen LogP contribution in [0.2, 0.25) is 0 Å². The minimum Gasteiger partial charge on any atom is -0.256 e. The lowest BCUT2D eigenvalue weighted by Crippen LogP contribution is -2.01. The van der Waals surface area contributed by atoms with Crippen molar-refractivity contribution < 1.29 is 0 Å². The molecule has 0 spiro atoms. The molecule has 0 amide bonds. The molecule has 0 N–H and O–H groups in total. The molecule has 0 bridgehead atoms. The summed E-state index contributed by atoms with van der Waals surface area (Å²) in [4.78, 5) is 19.8. The van der Waals surface area contributed by atoms with Crippen LogP contribution in [0.15, 0.2) is 158 Å². The Morgan fingerprint density at radius 3 is 1.66 bits per heavy atom. The Morgan fingerprint density at radius 2 is 0.886 bits per heavy atom. The van der Waals surface area contributed by atoms with Crippen LogP contribution in [0.5, 0.6) is 0 Å². The first-order valence-electron chi connectivity index (χ1n) is 14.6. The van der Waals surface area contributed by atoms with Crippen molar-refractivity contribution in [2.75, 3.05) is 0 Å². The summed E-state index contributed by atoms with van der Waals surface area (Å²) >= 11 is 0. The fourth-order valence-electron chi connectivity index (χ4n) is 5.68. The number of hydrogen-bond acceptors (Lipinski definition) is 4. The summed E-state index contributed by atoms with van der Waals surface area (Å²) in [6, 6.07) is 52.1. The van der Waals surface area contributed by atoms with Gasteiger partial charge in [-0.1, -0.05) is 133 Å². The zero-order valence-electron chi connectivity index (χ0n) is 23.8. The number of fused-ring (bicyclic) bond motifs is 2. The molecule has 8 aromatic rings. The highest BCUT2D eigenvalue weighted by Gasteiger charge is 2.16. The second kappa shape index (κ2) is 11.0. The first kappa shape index (κ1) is 25.7. The van der Waals surface area contributed by atoms with Gasteiger partial charge in [0.25, 0.3) is 0 Å². The molecule has 0 unspecified atom stereocenters. The standard InChI is InChI=1S/C40H26N4/c1-3-11-28(12-4-1)35-17-9-10-18-36(35)40-43-38(29-13-5-2-6-14-29)42-39(44-40)32-22-20-27-19-21-31(23-34(27)24-32)37-25-30-15-7-8-16-33(30)26-41-37/h1-26H. The lowest BCUT2D eigenvalue weighted by atomic mass is 9.99. The van der Waals surface area contributed by atoms with Crippen LogP contribution in [0.1, 0.15) is 0 Å². The van der Waals surface area contributed by atoms with Crippen LogP contribution in [0.25, 0.3) is 78.1 Å². The van der Waals surface area contributed by atoms with E-state index in [4.69, 9.17) is 19.9 Å². The van der Waals surface area contributed by atoms with Crippen LogP contribution in [0.3, 0.4) is 0 Å². The molecule has 2 heterocycles. The molecule has 206 valence electrons. The van der Waals surface area contributed by atoms with E-state index >= 15 is 0 Å². The monoisotopic (exact) mass is 562 g/mol. The molecule has 0 saturated carbocycles. The maximum Gasteiger partial charge on any atom is 0.164 e. The smallest absolute Gasteiger partial charge is 0.164 e. The Kier molecular flexibility index (Phi) is 6.43. The quantitative estimate of drug-likeness (QED) is 0.209. The topological polar surface area (TPSA) is 51.6 Å². The molecule has 0 aliphatic heterocycles. The largest absolute Gasteiger partial charge is 0.256 e. The van der Waals surface area contributed by atoms with Gasteiger partial charge in [-0.2, -0.15) is 0 Å². The second-order valence-electron chi connectivity index (χ2n) is 10.8. The first-order valence-corrected chi connectivity index (χ1v) is 14.6. The predicted molar refractivity (Wildman–Crippen MR) is 180 cm³/mol. The molecule has 0 atom stereocenters. The molecule has 2 aromatic heterocycles. The zero-order valence-corrected chi connectivity index (χ0v) is 23.8. The average Bonchev–Trinajstić information content (AvgIpc) is 3.11. The number of aromatic nitrogens is 4. The molecule has 6 aromatic carbocycles. The summed E-state index contributed by atoms with van der Waals surface area (Å²) in [6.45, 7) is 0. The Labute approximate surface area is 255 Å². The highest BCUT2D eigenvalue weighted by Crippen LogP contribution is 2.33. The van der Waals surface area contributed by atoms with Gasteiger partial charge in [0, 0.05) is 33.8 Å². The van der Waals surface area contributed by atoms with Crippen molar-refractivity contribution in [3.05, 3.63) is 158 Å². The lowest BCUT2D eigenvalue weighted by molar-refractivity contribution is 1.07. The van der Waals surface area contributed by atoms with Crippen LogP contribution in [0.4, 0.5) is 0 Å². The first-order chi connectivity index (χ1) is 21.8. The molecular formula is C40H26N4. The molecule has 0 fully saturated rings. The predicted octanol–water partition coefficient (Wildman–Crippen LogP) is 9.91. The Balaban J connectivity index is 1.27. The Morgan fingerprint density at radius 1 is 0.318 bits per heavy atom. The van der Waals surface area contributed by atoms with Gasteiger partial charge in [-0.05, 0) is 45.5 Å². The van der Waals surface area contributed by atoms with Crippen LogP contribution in [-0.4, -0.2) is 19.9 Å². The van der Waals surface area contributed by atoms with Crippen LogP contribution >= 0.6 is 0 Å². The van der Waals surface area contributed by atoms with E-state index in [-0.39, 0.29) is 0 Å². The molecule has 0 radical (unpaired) electrons. The third-order valence-electron chi connectivity index (χ3n) is 7.95. The number of pyridine rings is 1. The van der Waals surface area contributed by atoms with Gasteiger partial charge < -0.3 is 0 Å². The van der Waals surface area contributed by atoms with Crippen molar-refractivity contribution in [1.29, 1.82) is 0 Å². The van der Waals surface area contributed by atoms with E-state index in [2.05, 4.69) is 103 Å². The Bertz CT molecular complexity index is 2280. The SMILES string of the molecule is c1ccc(-c2nc(-c3ccc4ccc(-c5cc6ccccc6cn5)cc4c3)nc(-c3ccccc3-c3ccccc3)n2)cc1. The number of rotatable bonds is 5. The van der Waals surface area contributed by atoms with Crippen LogP contribution in [0, 0.1) is 0 Å². The maximum atomic E-state index is 5.07. The molecule has 0 aliphatic rings. The van der Waals surface area contributed by atoms with Crippen molar-refractivity contribution in [2.45, 2.75) is 0 Å².